The molecule has 1 fully saturated rings. The summed E-state index contributed by atoms with van der Waals surface area (Å²) in [6.07, 6.45) is 1.54. The van der Waals surface area contributed by atoms with E-state index in [2.05, 4.69) is 27.9 Å². The van der Waals surface area contributed by atoms with E-state index < -0.39 is 0 Å². The van der Waals surface area contributed by atoms with Crippen molar-refractivity contribution in [2.24, 2.45) is 5.92 Å². The highest BCUT2D eigenvalue weighted by atomic mass is 32.1. The number of benzene rings is 1. The van der Waals surface area contributed by atoms with Gasteiger partial charge in [-0.15, -0.1) is 11.3 Å². The van der Waals surface area contributed by atoms with Crippen molar-refractivity contribution in [2.45, 2.75) is 31.9 Å². The van der Waals surface area contributed by atoms with Gasteiger partial charge < -0.3 is 4.74 Å². The fourth-order valence-corrected chi connectivity index (χ4v) is 4.60. The average molecular weight is 407 g/mol. The first kappa shape index (κ1) is 20.9. The van der Waals surface area contributed by atoms with E-state index in [1.165, 1.54) is 17.9 Å². The Balaban J connectivity index is 1.79. The highest BCUT2D eigenvalue weighted by Crippen LogP contribution is 2.37. The molecule has 1 amide bonds. The molecule has 1 aliphatic rings. The third-order valence-corrected chi connectivity index (χ3v) is 6.13. The molecule has 2 heterocycles. The summed E-state index contributed by atoms with van der Waals surface area (Å²) in [6.45, 7) is 3.39. The summed E-state index contributed by atoms with van der Waals surface area (Å²) < 4.78 is 20.5. The van der Waals surface area contributed by atoms with Gasteiger partial charge in [-0.25, -0.2) is 9.87 Å². The molecule has 0 aliphatic carbocycles. The summed E-state index contributed by atoms with van der Waals surface area (Å²) in [5.74, 6) is -0.411. The van der Waals surface area contributed by atoms with E-state index in [0.717, 1.165) is 25.9 Å². The number of carbonyl (C=O) groups is 1. The molecule has 1 aliphatic heterocycles. The van der Waals surface area contributed by atoms with Gasteiger partial charge in [0.15, 0.2) is 0 Å². The van der Waals surface area contributed by atoms with Gasteiger partial charge in [-0.1, -0.05) is 24.3 Å². The molecular formula is C21H27FN2O3S. The average Bonchev–Trinajstić information content (AvgIpc) is 3.20. The van der Waals surface area contributed by atoms with E-state index in [9.17, 15) is 9.18 Å². The van der Waals surface area contributed by atoms with Gasteiger partial charge in [-0.2, -0.15) is 0 Å². The molecular weight excluding hydrogens is 379 g/mol. The molecule has 1 aromatic heterocycles. The predicted octanol–water partition coefficient (Wildman–Crippen LogP) is 3.58. The number of amides is 1. The number of halogens is 1. The summed E-state index contributed by atoms with van der Waals surface area (Å²) in [5, 5.41) is 2.08. The van der Waals surface area contributed by atoms with Crippen LogP contribution in [0.15, 0.2) is 41.8 Å². The lowest BCUT2D eigenvalue weighted by atomic mass is 9.84. The van der Waals surface area contributed by atoms with Crippen LogP contribution >= 0.6 is 11.3 Å². The van der Waals surface area contributed by atoms with Crippen molar-refractivity contribution < 1.29 is 18.8 Å². The van der Waals surface area contributed by atoms with Crippen LogP contribution in [0, 0.1) is 11.7 Å². The van der Waals surface area contributed by atoms with Crippen LogP contribution in [0.25, 0.3) is 0 Å². The molecule has 7 heteroatoms. The summed E-state index contributed by atoms with van der Waals surface area (Å²) in [7, 11) is 1.66. The molecule has 1 saturated heterocycles. The second kappa shape index (κ2) is 10.1. The zero-order valence-corrected chi connectivity index (χ0v) is 17.1. The Kier molecular flexibility index (Phi) is 7.56. The van der Waals surface area contributed by atoms with Crippen LogP contribution in [0.5, 0.6) is 0 Å². The molecule has 2 aromatic rings. The maximum absolute atomic E-state index is 14.7. The van der Waals surface area contributed by atoms with Crippen LogP contribution in [0.3, 0.4) is 0 Å². The van der Waals surface area contributed by atoms with Gasteiger partial charge in [-0.05, 0) is 36.9 Å². The normalized spacial score (nSPS) is 22.9. The number of methoxy groups -OCH3 is 1. The van der Waals surface area contributed by atoms with Gasteiger partial charge in [0.2, 0.25) is 5.91 Å². The molecule has 0 saturated carbocycles. The van der Waals surface area contributed by atoms with Crippen molar-refractivity contribution in [2.75, 3.05) is 26.8 Å². The Labute approximate surface area is 169 Å². The van der Waals surface area contributed by atoms with E-state index in [0.29, 0.717) is 12.2 Å². The quantitative estimate of drug-likeness (QED) is 0.681. The van der Waals surface area contributed by atoms with Crippen LogP contribution in [0.4, 0.5) is 4.39 Å². The molecule has 5 nitrogen and oxygen atoms in total. The SMILES string of the molecule is COC1C(CONC(C)=O)CCN(CCc2cccs2)C1c1ccccc1F. The molecule has 28 heavy (non-hydrogen) atoms. The lowest BCUT2D eigenvalue weighted by molar-refractivity contribution is -0.137. The van der Waals surface area contributed by atoms with Gasteiger partial charge in [0.05, 0.1) is 18.8 Å². The summed E-state index contributed by atoms with van der Waals surface area (Å²) in [4.78, 5) is 20.1. The molecule has 3 atom stereocenters. The number of hydrogen-bond donors (Lipinski definition) is 1. The third-order valence-electron chi connectivity index (χ3n) is 5.19. The Morgan fingerprint density at radius 1 is 1.32 bits per heavy atom. The monoisotopic (exact) mass is 406 g/mol. The Bertz CT molecular complexity index is 756. The van der Waals surface area contributed by atoms with Crippen molar-refractivity contribution >= 4 is 17.2 Å². The highest BCUT2D eigenvalue weighted by Gasteiger charge is 2.40. The van der Waals surface area contributed by atoms with E-state index >= 15 is 0 Å². The molecule has 152 valence electrons. The van der Waals surface area contributed by atoms with Crippen molar-refractivity contribution in [1.82, 2.24) is 10.4 Å². The number of hydroxylamine groups is 1. The van der Waals surface area contributed by atoms with Gasteiger partial charge in [0, 0.05) is 36.9 Å². The third kappa shape index (κ3) is 5.17. The largest absolute Gasteiger partial charge is 0.379 e. The lowest BCUT2D eigenvalue weighted by Crippen LogP contribution is -2.50. The zero-order valence-electron chi connectivity index (χ0n) is 16.3. The topological polar surface area (TPSA) is 50.8 Å². The van der Waals surface area contributed by atoms with Crippen LogP contribution in [-0.2, 0) is 20.8 Å². The summed E-state index contributed by atoms with van der Waals surface area (Å²) in [6, 6.07) is 10.9. The van der Waals surface area contributed by atoms with Crippen molar-refractivity contribution in [3.05, 3.63) is 58.0 Å². The Hall–Kier alpha value is -1.80. The Morgan fingerprint density at radius 2 is 2.14 bits per heavy atom. The minimum absolute atomic E-state index is 0.0550. The summed E-state index contributed by atoms with van der Waals surface area (Å²) >= 11 is 1.74. The molecule has 1 N–H and O–H groups in total. The van der Waals surface area contributed by atoms with Gasteiger partial charge in [0.25, 0.3) is 0 Å². The van der Waals surface area contributed by atoms with E-state index in [1.807, 2.05) is 12.1 Å². The van der Waals surface area contributed by atoms with Gasteiger partial charge in [-0.3, -0.25) is 14.5 Å². The maximum atomic E-state index is 14.7. The predicted molar refractivity (Wildman–Crippen MR) is 107 cm³/mol. The minimum atomic E-state index is -0.243. The minimum Gasteiger partial charge on any atom is -0.379 e. The Morgan fingerprint density at radius 3 is 2.82 bits per heavy atom. The number of likely N-dealkylation sites (tertiary alicyclic amines) is 1. The molecule has 3 rings (SSSR count). The van der Waals surface area contributed by atoms with Crippen molar-refractivity contribution in [3.63, 3.8) is 0 Å². The van der Waals surface area contributed by atoms with E-state index in [1.54, 1.807) is 24.5 Å². The first-order chi connectivity index (χ1) is 13.6. The van der Waals surface area contributed by atoms with Crippen LogP contribution in [0.2, 0.25) is 0 Å². The molecule has 1 aromatic carbocycles. The first-order valence-electron chi connectivity index (χ1n) is 9.52. The number of nitrogens with zero attached hydrogens (tertiary/aromatic N) is 1. The van der Waals surface area contributed by atoms with Gasteiger partial charge in [0.1, 0.15) is 5.82 Å². The maximum Gasteiger partial charge on any atom is 0.240 e. The number of rotatable bonds is 8. The molecule has 0 spiro atoms. The molecule has 0 radical (unpaired) electrons. The highest BCUT2D eigenvalue weighted by molar-refractivity contribution is 7.09. The second-order valence-electron chi connectivity index (χ2n) is 7.05. The van der Waals surface area contributed by atoms with E-state index in [4.69, 9.17) is 9.57 Å². The number of thiophene rings is 1. The number of carbonyl (C=O) groups excluding carboxylic acids is 1. The number of piperidine rings is 1. The fourth-order valence-electron chi connectivity index (χ4n) is 3.90. The summed E-state index contributed by atoms with van der Waals surface area (Å²) in [5.41, 5.74) is 3.02. The molecule has 0 bridgehead atoms. The van der Waals surface area contributed by atoms with Crippen LogP contribution in [-0.4, -0.2) is 43.7 Å². The van der Waals surface area contributed by atoms with Crippen LogP contribution < -0.4 is 5.48 Å². The lowest BCUT2D eigenvalue weighted by Gasteiger charge is -2.45. The molecule has 3 unspecified atom stereocenters. The van der Waals surface area contributed by atoms with Crippen LogP contribution in [0.1, 0.15) is 29.8 Å². The van der Waals surface area contributed by atoms with Crippen molar-refractivity contribution in [1.29, 1.82) is 0 Å². The number of hydrogen-bond acceptors (Lipinski definition) is 5. The van der Waals surface area contributed by atoms with Crippen molar-refractivity contribution in [3.8, 4) is 0 Å². The second-order valence-corrected chi connectivity index (χ2v) is 8.08. The number of ether oxygens (including phenoxy) is 1. The number of nitrogens with one attached hydrogen (secondary N) is 1. The fraction of sp³-hybridized carbons (Fsp3) is 0.476. The smallest absolute Gasteiger partial charge is 0.240 e. The zero-order chi connectivity index (χ0) is 19.9. The van der Waals surface area contributed by atoms with E-state index in [-0.39, 0.29) is 29.8 Å². The standard InChI is InChI=1S/C21H27FN2O3S/c1-15(25)23-27-14-16-9-11-24(12-10-17-6-5-13-28-17)20(21(16)26-2)18-7-3-4-8-19(18)22/h3-8,13,16,20-21H,9-12,14H2,1-2H3,(H,23,25). The van der Waals surface area contributed by atoms with Gasteiger partial charge >= 0.3 is 0 Å². The first-order valence-corrected chi connectivity index (χ1v) is 10.4.